The van der Waals surface area contributed by atoms with Gasteiger partial charge in [-0.1, -0.05) is 77.6 Å². The first kappa shape index (κ1) is 39.7. The van der Waals surface area contributed by atoms with Crippen molar-refractivity contribution in [3.8, 4) is 34.4 Å². The van der Waals surface area contributed by atoms with Gasteiger partial charge in [-0.25, -0.2) is 19.6 Å². The number of aromatic amines is 2. The largest absolute Gasteiger partial charge is 0.465 e. The number of benzene rings is 2. The van der Waals surface area contributed by atoms with Gasteiger partial charge in [0.05, 0.1) is 43.0 Å². The predicted octanol–water partition coefficient (Wildman–Crippen LogP) is 6.64. The van der Waals surface area contributed by atoms with E-state index in [1.165, 1.54) is 7.11 Å². The van der Waals surface area contributed by atoms with Gasteiger partial charge in [0.25, 0.3) is 0 Å². The number of carbonyl (C=O) groups is 4. The molecule has 4 heterocycles. The third-order valence-electron chi connectivity index (χ3n) is 12.9. The molecular formula is C45H52N8O6. The number of amides is 4. The molecule has 2 saturated heterocycles. The molecule has 0 bridgehead atoms. The van der Waals surface area contributed by atoms with Gasteiger partial charge in [-0.2, -0.15) is 0 Å². The smallest absolute Gasteiger partial charge is 0.407 e. The van der Waals surface area contributed by atoms with Crippen LogP contribution in [0.2, 0.25) is 0 Å². The molecule has 2 saturated carbocycles. The van der Waals surface area contributed by atoms with Crippen molar-refractivity contribution in [2.24, 2.45) is 22.7 Å². The number of carboxylic acid groups (broad SMARTS) is 1. The van der Waals surface area contributed by atoms with Crippen molar-refractivity contribution >= 4 is 24.0 Å². The maximum absolute atomic E-state index is 13.9. The van der Waals surface area contributed by atoms with Crippen LogP contribution < -0.4 is 10.6 Å². The number of methoxy groups -OCH3 is 1. The van der Waals surface area contributed by atoms with Crippen molar-refractivity contribution in [3.05, 3.63) is 83.7 Å². The number of H-pyrrole nitrogens is 2. The Morgan fingerprint density at radius 2 is 1.12 bits per heavy atom. The minimum atomic E-state index is -1.21. The highest BCUT2D eigenvalue weighted by atomic mass is 16.5. The predicted molar refractivity (Wildman–Crippen MR) is 219 cm³/mol. The second kappa shape index (κ2) is 14.9. The number of fused-ring (bicyclic) bond motifs is 2. The van der Waals surface area contributed by atoms with E-state index in [9.17, 15) is 24.3 Å². The van der Waals surface area contributed by atoms with Crippen molar-refractivity contribution in [3.63, 3.8) is 0 Å². The van der Waals surface area contributed by atoms with Gasteiger partial charge >= 0.3 is 12.2 Å². The summed E-state index contributed by atoms with van der Waals surface area (Å²) in [6.45, 7) is 11.9. The van der Waals surface area contributed by atoms with E-state index in [0.717, 1.165) is 65.1 Å². The average molecular weight is 801 g/mol. The van der Waals surface area contributed by atoms with Crippen LogP contribution >= 0.6 is 0 Å². The highest BCUT2D eigenvalue weighted by Crippen LogP contribution is 2.64. The van der Waals surface area contributed by atoms with Crippen LogP contribution in [0, 0.1) is 34.5 Å². The van der Waals surface area contributed by atoms with Crippen LogP contribution in [0.25, 0.3) is 22.5 Å². The lowest BCUT2D eigenvalue weighted by Gasteiger charge is -2.31. The van der Waals surface area contributed by atoms with Crippen LogP contribution in [-0.2, 0) is 14.3 Å². The molecule has 4 amide bonds. The number of likely N-dealkylation sites (tertiary alicyclic amines) is 2. The Bertz CT molecular complexity index is 2340. The summed E-state index contributed by atoms with van der Waals surface area (Å²) in [6.07, 6.45) is 5.16. The van der Waals surface area contributed by atoms with Gasteiger partial charge in [-0.15, -0.1) is 0 Å². The fourth-order valence-corrected chi connectivity index (χ4v) is 9.24. The molecule has 14 nitrogen and oxygen atoms in total. The van der Waals surface area contributed by atoms with Gasteiger partial charge < -0.3 is 40.2 Å². The van der Waals surface area contributed by atoms with Gasteiger partial charge in [0.15, 0.2) is 0 Å². The number of imidazole rings is 2. The number of rotatable bonds is 10. The third kappa shape index (κ3) is 7.54. The Morgan fingerprint density at radius 3 is 1.49 bits per heavy atom. The summed E-state index contributed by atoms with van der Waals surface area (Å²) in [5.41, 5.74) is 5.30. The molecule has 8 atom stereocenters. The van der Waals surface area contributed by atoms with Gasteiger partial charge in [0, 0.05) is 23.2 Å². The summed E-state index contributed by atoms with van der Waals surface area (Å²) < 4.78 is 4.80. The van der Waals surface area contributed by atoms with Crippen molar-refractivity contribution in [1.82, 2.24) is 40.4 Å². The first-order valence-electron chi connectivity index (χ1n) is 20.4. The minimum absolute atomic E-state index is 0.00570. The molecule has 59 heavy (non-hydrogen) atoms. The molecule has 0 spiro atoms. The van der Waals surface area contributed by atoms with Crippen molar-refractivity contribution in [2.75, 3.05) is 7.11 Å². The van der Waals surface area contributed by atoms with Crippen molar-refractivity contribution in [2.45, 2.75) is 103 Å². The second-order valence-electron chi connectivity index (χ2n) is 18.0. The van der Waals surface area contributed by atoms with E-state index in [0.29, 0.717) is 5.82 Å². The monoisotopic (exact) mass is 800 g/mol. The molecular weight excluding hydrogens is 749 g/mol. The van der Waals surface area contributed by atoms with Crippen LogP contribution in [0.5, 0.6) is 0 Å². The van der Waals surface area contributed by atoms with Crippen LogP contribution in [-0.4, -0.2) is 90.1 Å². The summed E-state index contributed by atoms with van der Waals surface area (Å²) in [7, 11) is 1.30. The fraction of sp³-hybridized carbons (Fsp3) is 0.467. The Balaban J connectivity index is 0.919. The van der Waals surface area contributed by atoms with Gasteiger partial charge in [-0.3, -0.25) is 9.59 Å². The van der Waals surface area contributed by atoms with E-state index in [-0.39, 0.29) is 58.6 Å². The summed E-state index contributed by atoms with van der Waals surface area (Å²) in [5, 5.41) is 14.6. The summed E-state index contributed by atoms with van der Waals surface area (Å²) in [5.74, 6) is 7.31. The van der Waals surface area contributed by atoms with Crippen molar-refractivity contribution in [1.29, 1.82) is 0 Å². The molecule has 2 aliphatic heterocycles. The molecule has 2 aromatic carbocycles. The molecule has 4 fully saturated rings. The zero-order chi connectivity index (χ0) is 42.0. The van der Waals surface area contributed by atoms with E-state index < -0.39 is 24.3 Å². The van der Waals surface area contributed by atoms with E-state index >= 15 is 0 Å². The third-order valence-corrected chi connectivity index (χ3v) is 12.9. The number of nitrogens with zero attached hydrogens (tertiary/aromatic N) is 4. The zero-order valence-corrected chi connectivity index (χ0v) is 34.5. The number of hydrogen-bond donors (Lipinski definition) is 5. The normalized spacial score (nSPS) is 26.1. The number of piperidine rings is 2. The molecule has 2 aromatic heterocycles. The highest BCUT2D eigenvalue weighted by molar-refractivity contribution is 5.88. The molecule has 2 aliphatic carbocycles. The standard InChI is InChI=1S/C45H52N8O6/c1-24(2)36(50-42(56)57)40(54)52-32(18-44(5)20-34(44)52)38-46-22-30(48-38)28-14-10-26(11-15-28)8-9-27-12-16-29(17-13-27)31-23-47-39(49-31)33-19-45(6)21-35(45)53(33)41(55)37(25(3)4)51-43(58)59-7/h10-17,22-25,32-37,50H,18-21H2,1-7H3,(H,46,48)(H,47,49)(H,51,58)(H,56,57)/t32-,33-,34-,35-,36-,37-,44+,45-/m0/s1. The lowest BCUT2D eigenvalue weighted by molar-refractivity contribution is -0.137. The molecule has 0 radical (unpaired) electrons. The summed E-state index contributed by atoms with van der Waals surface area (Å²) in [4.78, 5) is 71.3. The topological polar surface area (TPSA) is 186 Å². The zero-order valence-electron chi connectivity index (χ0n) is 34.5. The molecule has 14 heteroatoms. The quantitative estimate of drug-likeness (QED) is 0.111. The van der Waals surface area contributed by atoms with Crippen LogP contribution in [0.4, 0.5) is 9.59 Å². The number of carbonyl (C=O) groups excluding carboxylic acids is 3. The molecule has 308 valence electrons. The molecule has 4 aromatic rings. The van der Waals surface area contributed by atoms with Crippen LogP contribution in [0.15, 0.2) is 60.9 Å². The summed E-state index contributed by atoms with van der Waals surface area (Å²) >= 11 is 0. The number of alkyl carbamates (subject to hydrolysis) is 1. The Morgan fingerprint density at radius 1 is 0.712 bits per heavy atom. The van der Waals surface area contributed by atoms with Crippen LogP contribution in [0.1, 0.15) is 102 Å². The van der Waals surface area contributed by atoms with Crippen molar-refractivity contribution < 1.29 is 29.0 Å². The summed E-state index contributed by atoms with van der Waals surface area (Å²) in [6, 6.07) is 14.0. The van der Waals surface area contributed by atoms with E-state index in [4.69, 9.17) is 14.7 Å². The fourth-order valence-electron chi connectivity index (χ4n) is 9.24. The maximum Gasteiger partial charge on any atom is 0.407 e. The second-order valence-corrected chi connectivity index (χ2v) is 18.0. The minimum Gasteiger partial charge on any atom is -0.465 e. The molecule has 0 unspecified atom stereocenters. The molecule has 5 N–H and O–H groups in total. The van der Waals surface area contributed by atoms with Gasteiger partial charge in [0.2, 0.25) is 11.8 Å². The first-order chi connectivity index (χ1) is 28.1. The van der Waals surface area contributed by atoms with Crippen LogP contribution in [0.3, 0.4) is 0 Å². The Kier molecular flexibility index (Phi) is 10.0. The van der Waals surface area contributed by atoms with E-state index in [2.05, 4.69) is 46.3 Å². The maximum atomic E-state index is 13.9. The lowest BCUT2D eigenvalue weighted by Crippen LogP contribution is -2.52. The number of nitrogens with one attached hydrogen (secondary N) is 4. The average Bonchev–Trinajstić information content (AvgIpc) is 3.65. The molecule has 8 rings (SSSR count). The Hall–Kier alpha value is -6.10. The SMILES string of the molecule is COC(=O)N[C@H](C(=O)N1[C@H]2C[C@]2(C)C[C@H]1c1ncc(-c2ccc(C#Cc3ccc(-c4cnc([C@@H]5C[C@]6(C)C[C@@H]6N5C(=O)[C@@H](NC(=O)O)C(C)C)[nH]4)cc3)cc2)[nH]1)C(C)C. The van der Waals surface area contributed by atoms with E-state index in [1.54, 1.807) is 12.4 Å². The highest BCUT2D eigenvalue weighted by Gasteiger charge is 2.65. The Labute approximate surface area is 343 Å². The first-order valence-corrected chi connectivity index (χ1v) is 20.4. The number of hydrogen-bond acceptors (Lipinski definition) is 7. The van der Waals surface area contributed by atoms with E-state index in [1.807, 2.05) is 86.0 Å². The molecule has 4 aliphatic rings. The van der Waals surface area contributed by atoms with Gasteiger partial charge in [0.1, 0.15) is 23.7 Å². The number of aromatic nitrogens is 4. The number of ether oxygens (including phenoxy) is 1. The lowest BCUT2D eigenvalue weighted by atomic mass is 10.00. The van der Waals surface area contributed by atoms with Gasteiger partial charge in [-0.05, 0) is 83.7 Å².